The van der Waals surface area contributed by atoms with Crippen molar-refractivity contribution in [3.05, 3.63) is 59.7 Å². The fourth-order valence-electron chi connectivity index (χ4n) is 2.34. The molecular formula is C17H15NO3. The van der Waals surface area contributed by atoms with E-state index in [1.165, 1.54) is 6.92 Å². The van der Waals surface area contributed by atoms with E-state index in [0.29, 0.717) is 17.7 Å². The molecule has 4 heteroatoms. The molecule has 0 fully saturated rings. The highest BCUT2D eigenvalue weighted by Gasteiger charge is 2.28. The third kappa shape index (κ3) is 2.79. The molecule has 1 N–H and O–H groups in total. The van der Waals surface area contributed by atoms with Gasteiger partial charge >= 0.3 is 0 Å². The van der Waals surface area contributed by atoms with E-state index < -0.39 is 6.10 Å². The van der Waals surface area contributed by atoms with Crippen molar-refractivity contribution in [2.75, 3.05) is 5.32 Å². The van der Waals surface area contributed by atoms with E-state index in [4.69, 9.17) is 4.74 Å². The molecule has 0 aromatic heterocycles. The maximum Gasteiger partial charge on any atom is 0.265 e. The summed E-state index contributed by atoms with van der Waals surface area (Å²) in [6, 6.07) is 14.5. The Kier molecular flexibility index (Phi) is 3.44. The van der Waals surface area contributed by atoms with Crippen LogP contribution in [-0.4, -0.2) is 17.8 Å². The Morgan fingerprint density at radius 2 is 1.81 bits per heavy atom. The number of benzene rings is 2. The Hall–Kier alpha value is -2.62. The Balaban J connectivity index is 1.66. The number of hydrogen-bond acceptors (Lipinski definition) is 3. The second kappa shape index (κ2) is 5.40. The molecule has 0 bridgehead atoms. The Bertz CT molecular complexity index is 666. The maximum absolute atomic E-state index is 12.2. The van der Waals surface area contributed by atoms with Gasteiger partial charge in [-0.25, -0.2) is 0 Å². The first-order chi connectivity index (χ1) is 10.1. The molecule has 3 rings (SSSR count). The second-order valence-corrected chi connectivity index (χ2v) is 5.04. The molecule has 1 aliphatic rings. The number of rotatable bonds is 3. The molecule has 0 saturated heterocycles. The van der Waals surface area contributed by atoms with E-state index in [2.05, 4.69) is 5.32 Å². The van der Waals surface area contributed by atoms with Crippen molar-refractivity contribution in [2.45, 2.75) is 19.4 Å². The summed E-state index contributed by atoms with van der Waals surface area (Å²) in [5, 5.41) is 2.81. The Labute approximate surface area is 122 Å². The number of fused-ring (bicyclic) bond motifs is 1. The standard InChI is InChI=1S/C17H15NO3/c1-11(19)12-6-8-14(9-7-12)18-17(20)16-10-13-4-2-3-5-15(13)21-16/h2-9,16H,10H2,1H3,(H,18,20). The van der Waals surface area contributed by atoms with Crippen LogP contribution in [0, 0.1) is 0 Å². The van der Waals surface area contributed by atoms with Crippen molar-refractivity contribution in [3.8, 4) is 5.75 Å². The minimum absolute atomic E-state index is 0.00227. The number of para-hydroxylation sites is 1. The lowest BCUT2D eigenvalue weighted by Crippen LogP contribution is -2.31. The first-order valence-corrected chi connectivity index (χ1v) is 6.80. The van der Waals surface area contributed by atoms with E-state index in [1.807, 2.05) is 24.3 Å². The molecule has 4 nitrogen and oxygen atoms in total. The molecule has 1 heterocycles. The van der Waals surface area contributed by atoms with Crippen LogP contribution in [0.15, 0.2) is 48.5 Å². The molecule has 1 unspecified atom stereocenters. The Morgan fingerprint density at radius 1 is 1.10 bits per heavy atom. The zero-order valence-corrected chi connectivity index (χ0v) is 11.6. The number of carbonyl (C=O) groups is 2. The number of nitrogens with one attached hydrogen (secondary N) is 1. The first-order valence-electron chi connectivity index (χ1n) is 6.80. The molecule has 2 aromatic carbocycles. The van der Waals surface area contributed by atoms with E-state index >= 15 is 0 Å². The van der Waals surface area contributed by atoms with Crippen molar-refractivity contribution in [3.63, 3.8) is 0 Å². The molecule has 2 aromatic rings. The van der Waals surface area contributed by atoms with Crippen molar-refractivity contribution in [1.29, 1.82) is 0 Å². The van der Waals surface area contributed by atoms with Crippen molar-refractivity contribution >= 4 is 17.4 Å². The van der Waals surface area contributed by atoms with Gasteiger partial charge in [-0.15, -0.1) is 0 Å². The highest BCUT2D eigenvalue weighted by atomic mass is 16.5. The number of hydrogen-bond donors (Lipinski definition) is 1. The lowest BCUT2D eigenvalue weighted by molar-refractivity contribution is -0.122. The van der Waals surface area contributed by atoms with Crippen LogP contribution in [0.4, 0.5) is 5.69 Å². The largest absolute Gasteiger partial charge is 0.480 e. The quantitative estimate of drug-likeness (QED) is 0.880. The minimum Gasteiger partial charge on any atom is -0.480 e. The van der Waals surface area contributed by atoms with E-state index in [0.717, 1.165) is 11.3 Å². The lowest BCUT2D eigenvalue weighted by Gasteiger charge is -2.11. The fraction of sp³-hybridized carbons (Fsp3) is 0.176. The van der Waals surface area contributed by atoms with Gasteiger partial charge in [0.15, 0.2) is 11.9 Å². The summed E-state index contributed by atoms with van der Waals surface area (Å²) >= 11 is 0. The molecule has 0 spiro atoms. The predicted molar refractivity (Wildman–Crippen MR) is 79.6 cm³/mol. The van der Waals surface area contributed by atoms with Crippen LogP contribution in [-0.2, 0) is 11.2 Å². The van der Waals surface area contributed by atoms with Gasteiger partial charge in [0.25, 0.3) is 5.91 Å². The average Bonchev–Trinajstić information content (AvgIpc) is 2.92. The van der Waals surface area contributed by atoms with Crippen LogP contribution in [0.2, 0.25) is 0 Å². The van der Waals surface area contributed by atoms with Gasteiger partial charge in [0.05, 0.1) is 0 Å². The van der Waals surface area contributed by atoms with Crippen molar-refractivity contribution < 1.29 is 14.3 Å². The van der Waals surface area contributed by atoms with Gasteiger partial charge in [0.1, 0.15) is 5.75 Å². The summed E-state index contributed by atoms with van der Waals surface area (Å²) in [6.07, 6.45) is 0.0722. The second-order valence-electron chi connectivity index (χ2n) is 5.04. The van der Waals surface area contributed by atoms with E-state index in [-0.39, 0.29) is 11.7 Å². The summed E-state index contributed by atoms with van der Waals surface area (Å²) in [7, 11) is 0. The highest BCUT2D eigenvalue weighted by Crippen LogP contribution is 2.28. The summed E-state index contributed by atoms with van der Waals surface area (Å²) in [5.74, 6) is 0.591. The van der Waals surface area contributed by atoms with E-state index in [1.54, 1.807) is 24.3 Å². The van der Waals surface area contributed by atoms with Crippen LogP contribution in [0.1, 0.15) is 22.8 Å². The van der Waals surface area contributed by atoms with Gasteiger partial charge in [-0.05, 0) is 42.8 Å². The van der Waals surface area contributed by atoms with Crippen LogP contribution in [0.5, 0.6) is 5.75 Å². The van der Waals surface area contributed by atoms with Crippen LogP contribution >= 0.6 is 0 Å². The number of Topliss-reactive ketones (excluding diaryl/α,β-unsaturated/α-hetero) is 1. The molecule has 21 heavy (non-hydrogen) atoms. The number of carbonyl (C=O) groups excluding carboxylic acids is 2. The SMILES string of the molecule is CC(=O)c1ccc(NC(=O)C2Cc3ccccc3O2)cc1. The summed E-state index contributed by atoms with van der Waals surface area (Å²) in [5.41, 5.74) is 2.33. The van der Waals surface area contributed by atoms with Gasteiger partial charge < -0.3 is 10.1 Å². The summed E-state index contributed by atoms with van der Waals surface area (Å²) in [4.78, 5) is 23.4. The summed E-state index contributed by atoms with van der Waals surface area (Å²) in [6.45, 7) is 1.51. The third-order valence-corrected chi connectivity index (χ3v) is 3.50. The zero-order valence-electron chi connectivity index (χ0n) is 11.6. The smallest absolute Gasteiger partial charge is 0.265 e. The molecule has 106 valence electrons. The highest BCUT2D eigenvalue weighted by molar-refractivity contribution is 5.97. The number of amides is 1. The van der Waals surface area contributed by atoms with Crippen LogP contribution in [0.3, 0.4) is 0 Å². The lowest BCUT2D eigenvalue weighted by atomic mass is 10.1. The van der Waals surface area contributed by atoms with Crippen LogP contribution < -0.4 is 10.1 Å². The fourth-order valence-corrected chi connectivity index (χ4v) is 2.34. The zero-order chi connectivity index (χ0) is 14.8. The Morgan fingerprint density at radius 3 is 2.48 bits per heavy atom. The van der Waals surface area contributed by atoms with Gasteiger partial charge in [-0.3, -0.25) is 9.59 Å². The number of ketones is 1. The van der Waals surface area contributed by atoms with Crippen molar-refractivity contribution in [1.82, 2.24) is 0 Å². The van der Waals surface area contributed by atoms with Crippen molar-refractivity contribution in [2.24, 2.45) is 0 Å². The number of ether oxygens (including phenoxy) is 1. The average molecular weight is 281 g/mol. The van der Waals surface area contributed by atoms with E-state index in [9.17, 15) is 9.59 Å². The van der Waals surface area contributed by atoms with Crippen LogP contribution in [0.25, 0.3) is 0 Å². The molecule has 1 aliphatic heterocycles. The third-order valence-electron chi connectivity index (χ3n) is 3.50. The van der Waals surface area contributed by atoms with Gasteiger partial charge in [-0.1, -0.05) is 18.2 Å². The topological polar surface area (TPSA) is 55.4 Å². The minimum atomic E-state index is -0.505. The van der Waals surface area contributed by atoms with Gasteiger partial charge in [-0.2, -0.15) is 0 Å². The maximum atomic E-state index is 12.2. The normalized spacial score (nSPS) is 16.0. The molecule has 0 saturated carbocycles. The summed E-state index contributed by atoms with van der Waals surface area (Å²) < 4.78 is 5.64. The number of anilines is 1. The van der Waals surface area contributed by atoms with Gasteiger partial charge in [0.2, 0.25) is 0 Å². The molecule has 1 amide bonds. The molecular weight excluding hydrogens is 266 g/mol. The molecule has 1 atom stereocenters. The van der Waals surface area contributed by atoms with Gasteiger partial charge in [0, 0.05) is 17.7 Å². The molecule has 0 radical (unpaired) electrons. The first kappa shape index (κ1) is 13.4. The molecule has 0 aliphatic carbocycles. The predicted octanol–water partition coefficient (Wildman–Crippen LogP) is 2.83. The monoisotopic (exact) mass is 281 g/mol.